The number of nitrogens with one attached hydrogen (secondary N) is 1. The van der Waals surface area contributed by atoms with Crippen LogP contribution in [0.25, 0.3) is 0 Å². The summed E-state index contributed by atoms with van der Waals surface area (Å²) in [5, 5.41) is 13.6. The molecule has 0 saturated carbocycles. The lowest BCUT2D eigenvalue weighted by atomic mass is 9.85. The van der Waals surface area contributed by atoms with E-state index in [-0.39, 0.29) is 12.5 Å². The van der Waals surface area contributed by atoms with Gasteiger partial charge in [-0.25, -0.2) is 4.79 Å². The molecule has 0 bridgehead atoms. The summed E-state index contributed by atoms with van der Waals surface area (Å²) in [7, 11) is 0. The maximum absolute atomic E-state index is 13.6. The highest BCUT2D eigenvalue weighted by Gasteiger charge is 2.42. The number of carbonyl (C=O) groups excluding carboxylic acids is 2. The van der Waals surface area contributed by atoms with Crippen LogP contribution in [-0.2, 0) is 16.0 Å². The second kappa shape index (κ2) is 11.0. The lowest BCUT2D eigenvalue weighted by Crippen LogP contribution is -2.61. The van der Waals surface area contributed by atoms with E-state index in [9.17, 15) is 14.9 Å². The van der Waals surface area contributed by atoms with Crippen LogP contribution in [0.2, 0.25) is 5.02 Å². The first-order valence-corrected chi connectivity index (χ1v) is 11.6. The largest absolute Gasteiger partial charge is 0.377 e. The summed E-state index contributed by atoms with van der Waals surface area (Å²) < 4.78 is 5.61. The number of likely N-dealkylation sites (tertiary alicyclic amines) is 1. The van der Waals surface area contributed by atoms with Crippen molar-refractivity contribution in [3.05, 3.63) is 34.9 Å². The van der Waals surface area contributed by atoms with E-state index >= 15 is 0 Å². The van der Waals surface area contributed by atoms with E-state index in [2.05, 4.69) is 23.2 Å². The predicted molar refractivity (Wildman–Crippen MR) is 122 cm³/mol. The zero-order valence-electron chi connectivity index (χ0n) is 18.6. The quantitative estimate of drug-likeness (QED) is 0.646. The summed E-state index contributed by atoms with van der Waals surface area (Å²) in [6, 6.07) is 8.56. The highest BCUT2D eigenvalue weighted by Crippen LogP contribution is 2.26. The van der Waals surface area contributed by atoms with Gasteiger partial charge in [0.25, 0.3) is 0 Å². The zero-order valence-corrected chi connectivity index (χ0v) is 19.3. The maximum atomic E-state index is 13.6. The summed E-state index contributed by atoms with van der Waals surface area (Å²) in [5.74, 6) is -0.866. The first-order valence-electron chi connectivity index (χ1n) is 11.2. The van der Waals surface area contributed by atoms with Gasteiger partial charge in [-0.1, -0.05) is 30.7 Å². The number of nitrogens with two attached hydrogens (primary N) is 1. The molecule has 0 spiro atoms. The fourth-order valence-corrected chi connectivity index (χ4v) is 4.70. The van der Waals surface area contributed by atoms with E-state index in [1.807, 2.05) is 12.1 Å². The molecule has 8 nitrogen and oxygen atoms in total. The van der Waals surface area contributed by atoms with Gasteiger partial charge in [-0.2, -0.15) is 5.26 Å². The van der Waals surface area contributed by atoms with Gasteiger partial charge in [0.2, 0.25) is 5.91 Å². The Morgan fingerprint density at radius 3 is 2.59 bits per heavy atom. The third-order valence-corrected chi connectivity index (χ3v) is 6.70. The van der Waals surface area contributed by atoms with Crippen molar-refractivity contribution in [2.75, 3.05) is 39.4 Å². The lowest BCUT2D eigenvalue weighted by molar-refractivity contribution is -0.131. The van der Waals surface area contributed by atoms with Gasteiger partial charge in [0.1, 0.15) is 5.54 Å². The van der Waals surface area contributed by atoms with E-state index in [1.165, 1.54) is 4.90 Å². The smallest absolute Gasteiger partial charge is 0.315 e. The number of urea groups is 1. The number of primary amides is 1. The van der Waals surface area contributed by atoms with Gasteiger partial charge < -0.3 is 25.6 Å². The van der Waals surface area contributed by atoms with Gasteiger partial charge in [0.05, 0.1) is 31.2 Å². The number of amides is 3. The van der Waals surface area contributed by atoms with E-state index in [4.69, 9.17) is 22.1 Å². The number of hydrogen-bond donors (Lipinski definition) is 2. The molecule has 2 saturated heterocycles. The molecule has 0 aliphatic carbocycles. The Labute approximate surface area is 194 Å². The van der Waals surface area contributed by atoms with Gasteiger partial charge in [-0.05, 0) is 49.9 Å². The van der Waals surface area contributed by atoms with Gasteiger partial charge in [-0.3, -0.25) is 4.79 Å². The molecule has 2 aliphatic heterocycles. The number of benzene rings is 1. The molecule has 0 radical (unpaired) electrons. The summed E-state index contributed by atoms with van der Waals surface area (Å²) in [5.41, 5.74) is 5.61. The molecule has 1 aromatic rings. The average molecular weight is 462 g/mol. The second-order valence-electron chi connectivity index (χ2n) is 8.64. The molecule has 2 aliphatic rings. The van der Waals surface area contributed by atoms with Crippen molar-refractivity contribution in [1.29, 1.82) is 5.26 Å². The molecule has 2 fully saturated rings. The van der Waals surface area contributed by atoms with E-state index < -0.39 is 23.5 Å². The Balaban J connectivity index is 1.81. The van der Waals surface area contributed by atoms with Crippen molar-refractivity contribution in [3.8, 4) is 6.07 Å². The van der Waals surface area contributed by atoms with Crippen LogP contribution < -0.4 is 11.1 Å². The van der Waals surface area contributed by atoms with Gasteiger partial charge in [0, 0.05) is 24.7 Å². The highest BCUT2D eigenvalue weighted by atomic mass is 35.5. The number of rotatable bonds is 7. The maximum Gasteiger partial charge on any atom is 0.315 e. The predicted octanol–water partition coefficient (Wildman–Crippen LogP) is 2.16. The number of halogens is 1. The van der Waals surface area contributed by atoms with Crippen LogP contribution >= 0.6 is 11.6 Å². The van der Waals surface area contributed by atoms with Crippen LogP contribution in [-0.4, -0.2) is 72.7 Å². The van der Waals surface area contributed by atoms with Gasteiger partial charge in [0.15, 0.2) is 0 Å². The number of nitriles is 1. The van der Waals surface area contributed by atoms with E-state index in [0.29, 0.717) is 37.4 Å². The minimum Gasteiger partial charge on any atom is -0.377 e. The molecule has 1 aromatic carbocycles. The summed E-state index contributed by atoms with van der Waals surface area (Å²) in [6.45, 7) is 5.59. The topological polar surface area (TPSA) is 112 Å². The number of piperidine rings is 1. The number of ether oxygens (including phenoxy) is 1. The molecule has 3 amide bonds. The first kappa shape index (κ1) is 24.3. The monoisotopic (exact) mass is 461 g/mol. The number of morpholine rings is 1. The van der Waals surface area contributed by atoms with Gasteiger partial charge in [-0.15, -0.1) is 0 Å². The minimum absolute atomic E-state index is 0.221. The highest BCUT2D eigenvalue weighted by molar-refractivity contribution is 6.30. The van der Waals surface area contributed by atoms with Crippen molar-refractivity contribution in [3.63, 3.8) is 0 Å². The molecule has 32 heavy (non-hydrogen) atoms. The van der Waals surface area contributed by atoms with E-state index in [1.54, 1.807) is 12.1 Å². The number of carbonyl (C=O) groups is 2. The SMILES string of the molecule is CCCN1CCC(C#N)(NC(=O)C(Cc2ccc(Cl)cc2)C2COCCN2C(N)=O)CC1. The van der Waals surface area contributed by atoms with Crippen LogP contribution in [0.3, 0.4) is 0 Å². The van der Waals surface area contributed by atoms with Crippen molar-refractivity contribution < 1.29 is 14.3 Å². The normalized spacial score (nSPS) is 22.0. The van der Waals surface area contributed by atoms with Gasteiger partial charge >= 0.3 is 6.03 Å². The van der Waals surface area contributed by atoms with Crippen molar-refractivity contribution >= 4 is 23.5 Å². The van der Waals surface area contributed by atoms with Crippen molar-refractivity contribution in [2.45, 2.75) is 44.2 Å². The summed E-state index contributed by atoms with van der Waals surface area (Å²) in [6.07, 6.45) is 2.58. The molecule has 0 aromatic heterocycles. The molecule has 174 valence electrons. The molecule has 9 heteroatoms. The average Bonchev–Trinajstić information content (AvgIpc) is 2.80. The third-order valence-electron chi connectivity index (χ3n) is 6.44. The fraction of sp³-hybridized carbons (Fsp3) is 0.609. The minimum atomic E-state index is -0.910. The Bertz CT molecular complexity index is 833. The van der Waals surface area contributed by atoms with Crippen molar-refractivity contribution in [2.24, 2.45) is 11.7 Å². The third kappa shape index (κ3) is 5.91. The Morgan fingerprint density at radius 2 is 2.00 bits per heavy atom. The van der Waals surface area contributed by atoms with Crippen molar-refractivity contribution in [1.82, 2.24) is 15.1 Å². The molecule has 2 atom stereocenters. The summed E-state index contributed by atoms with van der Waals surface area (Å²) >= 11 is 6.02. The molecule has 3 N–H and O–H groups in total. The molecule has 2 heterocycles. The second-order valence-corrected chi connectivity index (χ2v) is 9.07. The lowest BCUT2D eigenvalue weighted by Gasteiger charge is -2.41. The molecular formula is C23H32ClN5O3. The number of nitrogens with zero attached hydrogens (tertiary/aromatic N) is 3. The Morgan fingerprint density at radius 1 is 1.31 bits per heavy atom. The fourth-order valence-electron chi connectivity index (χ4n) is 4.58. The van der Waals surface area contributed by atoms with Crippen LogP contribution in [0, 0.1) is 17.2 Å². The van der Waals surface area contributed by atoms with Crippen LogP contribution in [0.15, 0.2) is 24.3 Å². The number of hydrogen-bond acceptors (Lipinski definition) is 5. The van der Waals surface area contributed by atoms with Crippen LogP contribution in [0.1, 0.15) is 31.7 Å². The molecular weight excluding hydrogens is 430 g/mol. The first-order chi connectivity index (χ1) is 15.4. The van der Waals surface area contributed by atoms with Crippen LogP contribution in [0.5, 0.6) is 0 Å². The van der Waals surface area contributed by atoms with Crippen LogP contribution in [0.4, 0.5) is 4.79 Å². The van der Waals surface area contributed by atoms with E-state index in [0.717, 1.165) is 31.6 Å². The summed E-state index contributed by atoms with van der Waals surface area (Å²) in [4.78, 5) is 29.5. The zero-order chi connectivity index (χ0) is 23.1. The standard InChI is InChI=1S/C23H32ClN5O3/c1-2-9-28-10-7-23(16-25,8-11-28)27-21(30)19(14-17-3-5-18(24)6-4-17)20-15-32-13-12-29(20)22(26)31/h3-6,19-20H,2,7-15H2,1H3,(H2,26,31)(H,27,30). The Hall–Kier alpha value is -2.34. The Kier molecular flexibility index (Phi) is 8.35. The molecule has 2 unspecified atom stereocenters. The molecule has 3 rings (SSSR count).